The maximum Gasteiger partial charge on any atom is 0.271 e. The van der Waals surface area contributed by atoms with Gasteiger partial charge in [-0.05, 0) is 33.3 Å². The Labute approximate surface area is 93.3 Å². The molecular formula is C11H14N4O. The lowest BCUT2D eigenvalue weighted by atomic mass is 10.2. The number of imidazole rings is 1. The fraction of sp³-hybridized carbons (Fsp3) is 0.364. The highest BCUT2D eigenvalue weighted by molar-refractivity contribution is 5.97. The molecule has 0 aliphatic rings. The molecule has 0 aromatic carbocycles. The van der Waals surface area contributed by atoms with Gasteiger partial charge in [0.1, 0.15) is 5.82 Å². The van der Waals surface area contributed by atoms with Crippen molar-refractivity contribution in [3.63, 3.8) is 0 Å². The molecule has 5 heteroatoms. The van der Waals surface area contributed by atoms with E-state index in [0.29, 0.717) is 5.65 Å². The van der Waals surface area contributed by atoms with Gasteiger partial charge in [-0.2, -0.15) is 0 Å². The molecule has 0 spiro atoms. The fourth-order valence-corrected chi connectivity index (χ4v) is 1.86. The number of aryl methyl sites for hydroxylation is 3. The standard InChI is InChI=1S/C11H14N4O/c1-5-6(2)13-11-9(10(12)16)14-8(4)15(11)7(5)3/h1-4H3,(H2,12,16). The number of nitrogens with two attached hydrogens (primary N) is 1. The lowest BCUT2D eigenvalue weighted by molar-refractivity contribution is 0.0997. The summed E-state index contributed by atoms with van der Waals surface area (Å²) < 4.78 is 1.86. The van der Waals surface area contributed by atoms with Crippen LogP contribution in [0.3, 0.4) is 0 Å². The van der Waals surface area contributed by atoms with Crippen LogP contribution in [0.5, 0.6) is 0 Å². The van der Waals surface area contributed by atoms with E-state index in [2.05, 4.69) is 9.97 Å². The molecule has 84 valence electrons. The summed E-state index contributed by atoms with van der Waals surface area (Å²) in [6.07, 6.45) is 0. The minimum atomic E-state index is -0.541. The number of fused-ring (bicyclic) bond motifs is 1. The minimum absolute atomic E-state index is 0.240. The molecule has 2 heterocycles. The summed E-state index contributed by atoms with van der Waals surface area (Å²) in [5.74, 6) is 0.192. The molecule has 2 aromatic heterocycles. The van der Waals surface area contributed by atoms with Crippen molar-refractivity contribution in [1.82, 2.24) is 14.4 Å². The Balaban J connectivity index is 2.97. The van der Waals surface area contributed by atoms with E-state index in [4.69, 9.17) is 5.73 Å². The second-order valence-electron chi connectivity index (χ2n) is 3.94. The van der Waals surface area contributed by atoms with Crippen molar-refractivity contribution in [3.8, 4) is 0 Å². The first-order valence-corrected chi connectivity index (χ1v) is 5.06. The van der Waals surface area contributed by atoms with E-state index in [1.165, 1.54) is 0 Å². The molecule has 0 aliphatic carbocycles. The number of carbonyl (C=O) groups is 1. The van der Waals surface area contributed by atoms with E-state index in [1.54, 1.807) is 0 Å². The monoisotopic (exact) mass is 218 g/mol. The number of hydrogen-bond donors (Lipinski definition) is 1. The van der Waals surface area contributed by atoms with Gasteiger partial charge in [-0.25, -0.2) is 9.97 Å². The average Bonchev–Trinajstić information content (AvgIpc) is 2.52. The molecule has 0 aliphatic heterocycles. The minimum Gasteiger partial charge on any atom is -0.364 e. The van der Waals surface area contributed by atoms with Gasteiger partial charge in [0.05, 0.1) is 0 Å². The SMILES string of the molecule is Cc1nc2c(C(N)=O)nc(C)n2c(C)c1C. The summed E-state index contributed by atoms with van der Waals surface area (Å²) in [6, 6.07) is 0. The van der Waals surface area contributed by atoms with Crippen LogP contribution in [-0.4, -0.2) is 20.3 Å². The van der Waals surface area contributed by atoms with Crippen molar-refractivity contribution in [2.24, 2.45) is 5.73 Å². The molecule has 0 saturated heterocycles. The molecule has 2 rings (SSSR count). The summed E-state index contributed by atoms with van der Waals surface area (Å²) in [5.41, 5.74) is 9.10. The van der Waals surface area contributed by atoms with E-state index in [-0.39, 0.29) is 5.69 Å². The lowest BCUT2D eigenvalue weighted by Gasteiger charge is -2.08. The smallest absolute Gasteiger partial charge is 0.271 e. The predicted molar refractivity (Wildman–Crippen MR) is 60.5 cm³/mol. The van der Waals surface area contributed by atoms with Crippen LogP contribution in [0.25, 0.3) is 5.65 Å². The van der Waals surface area contributed by atoms with Crippen LogP contribution in [0.15, 0.2) is 0 Å². The molecular weight excluding hydrogens is 204 g/mol. The van der Waals surface area contributed by atoms with Gasteiger partial charge < -0.3 is 5.73 Å². The van der Waals surface area contributed by atoms with Crippen LogP contribution in [0, 0.1) is 27.7 Å². The van der Waals surface area contributed by atoms with E-state index < -0.39 is 5.91 Å². The third-order valence-corrected chi connectivity index (χ3v) is 2.95. The molecule has 1 amide bonds. The number of amides is 1. The van der Waals surface area contributed by atoms with Gasteiger partial charge in [-0.1, -0.05) is 0 Å². The molecule has 0 radical (unpaired) electrons. The van der Waals surface area contributed by atoms with E-state index in [1.807, 2.05) is 32.1 Å². The van der Waals surface area contributed by atoms with Gasteiger partial charge in [-0.15, -0.1) is 0 Å². The van der Waals surface area contributed by atoms with Crippen LogP contribution in [-0.2, 0) is 0 Å². The van der Waals surface area contributed by atoms with Crippen molar-refractivity contribution < 1.29 is 4.79 Å². The lowest BCUT2D eigenvalue weighted by Crippen LogP contribution is -2.13. The quantitative estimate of drug-likeness (QED) is 0.777. The maximum atomic E-state index is 11.2. The maximum absolute atomic E-state index is 11.2. The molecule has 0 bridgehead atoms. The van der Waals surface area contributed by atoms with Gasteiger partial charge in [0, 0.05) is 11.4 Å². The molecule has 0 unspecified atom stereocenters. The summed E-state index contributed by atoms with van der Waals surface area (Å²) in [4.78, 5) is 19.8. The average molecular weight is 218 g/mol. The number of nitrogens with zero attached hydrogens (tertiary/aromatic N) is 3. The largest absolute Gasteiger partial charge is 0.364 e. The molecule has 2 N–H and O–H groups in total. The van der Waals surface area contributed by atoms with Gasteiger partial charge in [0.15, 0.2) is 11.3 Å². The Hall–Kier alpha value is -1.91. The van der Waals surface area contributed by atoms with Crippen LogP contribution < -0.4 is 5.73 Å². The van der Waals surface area contributed by atoms with Crippen molar-refractivity contribution in [2.45, 2.75) is 27.7 Å². The Morgan fingerprint density at radius 1 is 1.19 bits per heavy atom. The molecule has 2 aromatic rings. The summed E-state index contributed by atoms with van der Waals surface area (Å²) in [5, 5.41) is 0. The normalized spacial score (nSPS) is 11.0. The van der Waals surface area contributed by atoms with Gasteiger partial charge in [-0.3, -0.25) is 9.20 Å². The first kappa shape index (κ1) is 10.6. The molecule has 5 nitrogen and oxygen atoms in total. The van der Waals surface area contributed by atoms with Crippen molar-refractivity contribution in [3.05, 3.63) is 28.5 Å². The first-order chi connectivity index (χ1) is 7.43. The van der Waals surface area contributed by atoms with Crippen LogP contribution in [0.1, 0.15) is 33.3 Å². The van der Waals surface area contributed by atoms with E-state index in [9.17, 15) is 4.79 Å². The Morgan fingerprint density at radius 3 is 2.38 bits per heavy atom. The molecule has 0 fully saturated rings. The molecule has 16 heavy (non-hydrogen) atoms. The molecule has 0 saturated carbocycles. The summed E-state index contributed by atoms with van der Waals surface area (Å²) in [7, 11) is 0. The number of aromatic nitrogens is 3. The van der Waals surface area contributed by atoms with Crippen molar-refractivity contribution in [2.75, 3.05) is 0 Å². The zero-order valence-corrected chi connectivity index (χ0v) is 9.83. The Morgan fingerprint density at radius 2 is 1.81 bits per heavy atom. The van der Waals surface area contributed by atoms with Gasteiger partial charge in [0.2, 0.25) is 0 Å². The highest BCUT2D eigenvalue weighted by Crippen LogP contribution is 2.18. The van der Waals surface area contributed by atoms with Crippen LogP contribution in [0.2, 0.25) is 0 Å². The Bertz CT molecular complexity index is 598. The predicted octanol–water partition coefficient (Wildman–Crippen LogP) is 1.06. The van der Waals surface area contributed by atoms with E-state index in [0.717, 1.165) is 22.8 Å². The zero-order chi connectivity index (χ0) is 12.0. The summed E-state index contributed by atoms with van der Waals surface area (Å²) in [6.45, 7) is 7.73. The van der Waals surface area contributed by atoms with Crippen LogP contribution in [0.4, 0.5) is 0 Å². The number of carbonyl (C=O) groups excluding carboxylic acids is 1. The summed E-state index contributed by atoms with van der Waals surface area (Å²) >= 11 is 0. The third kappa shape index (κ3) is 1.28. The first-order valence-electron chi connectivity index (χ1n) is 5.06. The second-order valence-corrected chi connectivity index (χ2v) is 3.94. The second kappa shape index (κ2) is 3.30. The van der Waals surface area contributed by atoms with Gasteiger partial charge >= 0.3 is 0 Å². The Kier molecular flexibility index (Phi) is 2.18. The topological polar surface area (TPSA) is 73.3 Å². The number of hydrogen-bond acceptors (Lipinski definition) is 3. The number of primary amides is 1. The zero-order valence-electron chi connectivity index (χ0n) is 9.83. The molecule has 0 atom stereocenters. The fourth-order valence-electron chi connectivity index (χ4n) is 1.86. The van der Waals surface area contributed by atoms with Crippen LogP contribution >= 0.6 is 0 Å². The highest BCUT2D eigenvalue weighted by atomic mass is 16.1. The highest BCUT2D eigenvalue weighted by Gasteiger charge is 2.17. The van der Waals surface area contributed by atoms with Crippen molar-refractivity contribution >= 4 is 11.6 Å². The number of rotatable bonds is 1. The third-order valence-electron chi connectivity index (χ3n) is 2.95. The van der Waals surface area contributed by atoms with Crippen molar-refractivity contribution in [1.29, 1.82) is 0 Å². The van der Waals surface area contributed by atoms with E-state index >= 15 is 0 Å². The van der Waals surface area contributed by atoms with Gasteiger partial charge in [0.25, 0.3) is 5.91 Å².